The van der Waals surface area contributed by atoms with Crippen molar-refractivity contribution in [2.75, 3.05) is 17.2 Å². The minimum atomic E-state index is -0.299. The molecule has 5 nitrogen and oxygen atoms in total. The third-order valence-electron chi connectivity index (χ3n) is 2.68. The van der Waals surface area contributed by atoms with Crippen LogP contribution in [0.25, 0.3) is 0 Å². The standard InChI is InChI=1S/C16H15ClN2O3/c1-11(20)18-12-6-8-13(9-7-12)19-16(21)10-22-15-5-3-2-4-14(15)17/h2-9H,10H2,1H3,(H,18,20)(H,19,21). The van der Waals surface area contributed by atoms with E-state index in [1.807, 2.05) is 0 Å². The van der Waals surface area contributed by atoms with E-state index < -0.39 is 0 Å². The molecule has 0 aliphatic heterocycles. The Morgan fingerprint density at radius 3 is 2.18 bits per heavy atom. The number of para-hydroxylation sites is 1. The van der Waals surface area contributed by atoms with Crippen LogP contribution in [0.15, 0.2) is 48.5 Å². The van der Waals surface area contributed by atoms with E-state index in [1.165, 1.54) is 6.92 Å². The predicted molar refractivity (Wildman–Crippen MR) is 86.3 cm³/mol. The van der Waals surface area contributed by atoms with Gasteiger partial charge in [-0.05, 0) is 36.4 Å². The van der Waals surface area contributed by atoms with Crippen LogP contribution in [-0.4, -0.2) is 18.4 Å². The van der Waals surface area contributed by atoms with Gasteiger partial charge in [-0.3, -0.25) is 9.59 Å². The molecule has 0 saturated heterocycles. The van der Waals surface area contributed by atoms with Crippen LogP contribution in [-0.2, 0) is 9.59 Å². The van der Waals surface area contributed by atoms with E-state index in [0.29, 0.717) is 22.1 Å². The van der Waals surface area contributed by atoms with Crippen molar-refractivity contribution in [3.05, 3.63) is 53.6 Å². The third-order valence-corrected chi connectivity index (χ3v) is 3.00. The summed E-state index contributed by atoms with van der Waals surface area (Å²) in [6.45, 7) is 1.29. The highest BCUT2D eigenvalue weighted by atomic mass is 35.5. The summed E-state index contributed by atoms with van der Waals surface area (Å²) in [6, 6.07) is 13.7. The number of nitrogens with one attached hydrogen (secondary N) is 2. The Morgan fingerprint density at radius 2 is 1.59 bits per heavy atom. The molecule has 0 bridgehead atoms. The second-order valence-electron chi connectivity index (χ2n) is 4.53. The maximum atomic E-state index is 11.8. The van der Waals surface area contributed by atoms with Gasteiger partial charge in [0.05, 0.1) is 5.02 Å². The van der Waals surface area contributed by atoms with E-state index in [9.17, 15) is 9.59 Å². The lowest BCUT2D eigenvalue weighted by atomic mass is 10.2. The summed E-state index contributed by atoms with van der Waals surface area (Å²) in [5, 5.41) is 5.79. The molecule has 2 amide bonds. The van der Waals surface area contributed by atoms with E-state index in [0.717, 1.165) is 0 Å². The molecule has 0 atom stereocenters. The summed E-state index contributed by atoms with van der Waals surface area (Å²) in [4.78, 5) is 22.7. The molecule has 0 fully saturated rings. The van der Waals surface area contributed by atoms with Crippen LogP contribution in [0.5, 0.6) is 5.75 Å². The third kappa shape index (κ3) is 4.79. The molecule has 114 valence electrons. The Kier molecular flexibility index (Phi) is 5.38. The highest BCUT2D eigenvalue weighted by Crippen LogP contribution is 2.23. The van der Waals surface area contributed by atoms with Crippen molar-refractivity contribution in [2.24, 2.45) is 0 Å². The summed E-state index contributed by atoms with van der Waals surface area (Å²) < 4.78 is 5.35. The van der Waals surface area contributed by atoms with Crippen LogP contribution in [0, 0.1) is 0 Å². The van der Waals surface area contributed by atoms with E-state index >= 15 is 0 Å². The molecule has 2 aromatic rings. The number of amides is 2. The zero-order valence-electron chi connectivity index (χ0n) is 11.9. The van der Waals surface area contributed by atoms with Gasteiger partial charge in [-0.2, -0.15) is 0 Å². The lowest BCUT2D eigenvalue weighted by Gasteiger charge is -2.09. The van der Waals surface area contributed by atoms with E-state index in [-0.39, 0.29) is 18.4 Å². The van der Waals surface area contributed by atoms with Gasteiger partial charge in [0.25, 0.3) is 5.91 Å². The fourth-order valence-corrected chi connectivity index (χ4v) is 1.93. The van der Waals surface area contributed by atoms with Crippen molar-refractivity contribution in [2.45, 2.75) is 6.92 Å². The lowest BCUT2D eigenvalue weighted by Crippen LogP contribution is -2.20. The largest absolute Gasteiger partial charge is 0.482 e. The predicted octanol–water partition coefficient (Wildman–Crippen LogP) is 3.32. The quantitative estimate of drug-likeness (QED) is 0.888. The van der Waals surface area contributed by atoms with Crippen molar-refractivity contribution in [1.29, 1.82) is 0 Å². The normalized spacial score (nSPS) is 9.91. The van der Waals surface area contributed by atoms with Crippen LogP contribution < -0.4 is 15.4 Å². The topological polar surface area (TPSA) is 67.4 Å². The summed E-state index contributed by atoms with van der Waals surface area (Å²) in [5.74, 6) is 0.0115. The zero-order chi connectivity index (χ0) is 15.9. The number of benzene rings is 2. The van der Waals surface area contributed by atoms with Gasteiger partial charge in [0.1, 0.15) is 5.75 Å². The zero-order valence-corrected chi connectivity index (χ0v) is 12.7. The molecule has 0 heterocycles. The molecular formula is C16H15ClN2O3. The monoisotopic (exact) mass is 318 g/mol. The Labute approximate surface area is 133 Å². The number of hydrogen-bond donors (Lipinski definition) is 2. The number of carbonyl (C=O) groups is 2. The first-order chi connectivity index (χ1) is 10.5. The van der Waals surface area contributed by atoms with Gasteiger partial charge in [-0.25, -0.2) is 0 Å². The van der Waals surface area contributed by atoms with Crippen molar-refractivity contribution in [3.8, 4) is 5.75 Å². The average molecular weight is 319 g/mol. The van der Waals surface area contributed by atoms with Gasteiger partial charge in [0.15, 0.2) is 6.61 Å². The first-order valence-electron chi connectivity index (χ1n) is 6.59. The fourth-order valence-electron chi connectivity index (χ4n) is 1.74. The van der Waals surface area contributed by atoms with Crippen LogP contribution in [0.3, 0.4) is 0 Å². The minimum absolute atomic E-state index is 0.142. The Bertz CT molecular complexity index is 671. The number of hydrogen-bond acceptors (Lipinski definition) is 3. The maximum absolute atomic E-state index is 11.8. The summed E-state index contributed by atoms with van der Waals surface area (Å²) in [5.41, 5.74) is 1.28. The van der Waals surface area contributed by atoms with Crippen molar-refractivity contribution in [1.82, 2.24) is 0 Å². The molecule has 0 aliphatic rings. The Balaban J connectivity index is 1.87. The van der Waals surface area contributed by atoms with E-state index in [1.54, 1.807) is 48.5 Å². The SMILES string of the molecule is CC(=O)Nc1ccc(NC(=O)COc2ccccc2Cl)cc1. The smallest absolute Gasteiger partial charge is 0.262 e. The second-order valence-corrected chi connectivity index (χ2v) is 4.93. The number of rotatable bonds is 5. The van der Waals surface area contributed by atoms with E-state index in [2.05, 4.69) is 10.6 Å². The van der Waals surface area contributed by atoms with Crippen molar-refractivity contribution >= 4 is 34.8 Å². The van der Waals surface area contributed by atoms with Crippen LogP contribution in [0.4, 0.5) is 11.4 Å². The molecule has 22 heavy (non-hydrogen) atoms. The average Bonchev–Trinajstić information content (AvgIpc) is 2.48. The lowest BCUT2D eigenvalue weighted by molar-refractivity contribution is -0.118. The van der Waals surface area contributed by atoms with Gasteiger partial charge >= 0.3 is 0 Å². The first-order valence-corrected chi connectivity index (χ1v) is 6.97. The number of anilines is 2. The van der Waals surface area contributed by atoms with Gasteiger partial charge in [-0.1, -0.05) is 23.7 Å². The van der Waals surface area contributed by atoms with Crippen LogP contribution in [0.2, 0.25) is 5.02 Å². The molecular weight excluding hydrogens is 304 g/mol. The Hall–Kier alpha value is -2.53. The van der Waals surface area contributed by atoms with Crippen molar-refractivity contribution in [3.63, 3.8) is 0 Å². The Morgan fingerprint density at radius 1 is 1.00 bits per heavy atom. The van der Waals surface area contributed by atoms with E-state index in [4.69, 9.17) is 16.3 Å². The summed E-state index contributed by atoms with van der Waals surface area (Å²) in [7, 11) is 0. The second kappa shape index (κ2) is 7.47. The van der Waals surface area contributed by atoms with Gasteiger partial charge in [0.2, 0.25) is 5.91 Å². The molecule has 0 unspecified atom stereocenters. The molecule has 2 rings (SSSR count). The summed E-state index contributed by atoms with van der Waals surface area (Å²) in [6.07, 6.45) is 0. The molecule has 2 N–H and O–H groups in total. The number of ether oxygens (including phenoxy) is 1. The fraction of sp³-hybridized carbons (Fsp3) is 0.125. The molecule has 6 heteroatoms. The van der Waals surface area contributed by atoms with Crippen molar-refractivity contribution < 1.29 is 14.3 Å². The molecule has 0 saturated carbocycles. The minimum Gasteiger partial charge on any atom is -0.482 e. The highest BCUT2D eigenvalue weighted by molar-refractivity contribution is 6.32. The number of halogens is 1. The van der Waals surface area contributed by atoms with Crippen LogP contribution >= 0.6 is 11.6 Å². The molecule has 0 spiro atoms. The van der Waals surface area contributed by atoms with Crippen LogP contribution in [0.1, 0.15) is 6.92 Å². The van der Waals surface area contributed by atoms with Gasteiger partial charge in [-0.15, -0.1) is 0 Å². The maximum Gasteiger partial charge on any atom is 0.262 e. The molecule has 0 aliphatic carbocycles. The van der Waals surface area contributed by atoms with Gasteiger partial charge in [0, 0.05) is 18.3 Å². The molecule has 0 aromatic heterocycles. The molecule has 0 radical (unpaired) electrons. The summed E-state index contributed by atoms with van der Waals surface area (Å²) >= 11 is 5.94. The first kappa shape index (κ1) is 15.9. The van der Waals surface area contributed by atoms with Gasteiger partial charge < -0.3 is 15.4 Å². The number of carbonyl (C=O) groups excluding carboxylic acids is 2. The molecule has 2 aromatic carbocycles. The highest BCUT2D eigenvalue weighted by Gasteiger charge is 2.06.